The summed E-state index contributed by atoms with van der Waals surface area (Å²) in [7, 11) is 0. The predicted octanol–water partition coefficient (Wildman–Crippen LogP) is 2.21. The number of pyridine rings is 1. The lowest BCUT2D eigenvalue weighted by atomic mass is 10.0. The topological polar surface area (TPSA) is 37.4 Å². The molecule has 2 atom stereocenters. The van der Waals surface area contributed by atoms with Gasteiger partial charge >= 0.3 is 0 Å². The Morgan fingerprint density at radius 2 is 2.10 bits per heavy atom. The largest absolute Gasteiger partial charge is 0.374 e. The molecule has 2 aliphatic heterocycles. The molecule has 110 valence electrons. The van der Waals surface area contributed by atoms with Crippen molar-refractivity contribution >= 4 is 5.82 Å². The third-order valence-electron chi connectivity index (χ3n) is 4.42. The molecule has 0 saturated carbocycles. The highest BCUT2D eigenvalue weighted by atomic mass is 16.5. The summed E-state index contributed by atoms with van der Waals surface area (Å²) in [4.78, 5) is 6.81. The lowest BCUT2D eigenvalue weighted by molar-refractivity contribution is 0.0538. The van der Waals surface area contributed by atoms with E-state index >= 15 is 0 Å². The van der Waals surface area contributed by atoms with Crippen LogP contribution in [-0.4, -0.2) is 42.9 Å². The fourth-order valence-electron chi connectivity index (χ4n) is 3.19. The van der Waals surface area contributed by atoms with Crippen LogP contribution in [-0.2, 0) is 4.74 Å². The Hall–Kier alpha value is -1.13. The molecule has 20 heavy (non-hydrogen) atoms. The highest BCUT2D eigenvalue weighted by Crippen LogP contribution is 2.20. The summed E-state index contributed by atoms with van der Waals surface area (Å²) >= 11 is 0. The average Bonchev–Trinajstić information content (AvgIpc) is 2.92. The van der Waals surface area contributed by atoms with Crippen LogP contribution in [0.5, 0.6) is 0 Å². The lowest BCUT2D eigenvalue weighted by Crippen LogP contribution is -2.44. The predicted molar refractivity (Wildman–Crippen MR) is 81.0 cm³/mol. The number of nitrogens with one attached hydrogen (secondary N) is 1. The molecule has 0 spiro atoms. The standard InChI is InChI=1S/C16H25N3O/c1-13-5-6-15(20-13)12-18-14-7-10-19(11-8-14)16-4-2-3-9-17-16/h2-4,9,13-15,18H,5-8,10-12H2,1H3. The fraction of sp³-hybridized carbons (Fsp3) is 0.688. The number of nitrogens with zero attached hydrogens (tertiary/aromatic N) is 2. The normalized spacial score (nSPS) is 27.9. The maximum absolute atomic E-state index is 5.86. The maximum atomic E-state index is 5.86. The summed E-state index contributed by atoms with van der Waals surface area (Å²) in [6, 6.07) is 6.77. The van der Waals surface area contributed by atoms with Gasteiger partial charge in [0.05, 0.1) is 12.2 Å². The summed E-state index contributed by atoms with van der Waals surface area (Å²) < 4.78 is 5.86. The van der Waals surface area contributed by atoms with Crippen molar-refractivity contribution in [3.63, 3.8) is 0 Å². The van der Waals surface area contributed by atoms with Crippen LogP contribution in [0.2, 0.25) is 0 Å². The number of hydrogen-bond donors (Lipinski definition) is 1. The van der Waals surface area contributed by atoms with E-state index in [4.69, 9.17) is 4.74 Å². The molecule has 1 aromatic heterocycles. The van der Waals surface area contributed by atoms with Gasteiger partial charge in [-0.3, -0.25) is 0 Å². The summed E-state index contributed by atoms with van der Waals surface area (Å²) in [5.41, 5.74) is 0. The minimum Gasteiger partial charge on any atom is -0.374 e. The minimum atomic E-state index is 0.429. The van der Waals surface area contributed by atoms with Crippen molar-refractivity contribution in [1.29, 1.82) is 0 Å². The summed E-state index contributed by atoms with van der Waals surface area (Å²) in [6.45, 7) is 5.37. The second-order valence-electron chi connectivity index (χ2n) is 6.00. The van der Waals surface area contributed by atoms with Crippen molar-refractivity contribution < 1.29 is 4.74 Å². The molecule has 0 aliphatic carbocycles. The zero-order valence-corrected chi connectivity index (χ0v) is 12.3. The van der Waals surface area contributed by atoms with Gasteiger partial charge in [0.15, 0.2) is 0 Å². The van der Waals surface area contributed by atoms with Gasteiger partial charge in [-0.2, -0.15) is 0 Å². The Morgan fingerprint density at radius 3 is 2.75 bits per heavy atom. The minimum absolute atomic E-state index is 0.429. The van der Waals surface area contributed by atoms with Gasteiger partial charge in [-0.1, -0.05) is 6.07 Å². The van der Waals surface area contributed by atoms with Crippen LogP contribution in [0.25, 0.3) is 0 Å². The fourth-order valence-corrected chi connectivity index (χ4v) is 3.19. The van der Waals surface area contributed by atoms with E-state index in [1.165, 1.54) is 25.7 Å². The first-order chi connectivity index (χ1) is 9.81. The van der Waals surface area contributed by atoms with Crippen LogP contribution in [0.3, 0.4) is 0 Å². The Kier molecular flexibility index (Phi) is 4.53. The molecular weight excluding hydrogens is 250 g/mol. The lowest BCUT2D eigenvalue weighted by Gasteiger charge is -2.33. The summed E-state index contributed by atoms with van der Waals surface area (Å²) in [5, 5.41) is 3.68. The second-order valence-corrected chi connectivity index (χ2v) is 6.00. The third kappa shape index (κ3) is 3.49. The molecule has 2 fully saturated rings. The van der Waals surface area contributed by atoms with Crippen molar-refractivity contribution in [2.75, 3.05) is 24.5 Å². The van der Waals surface area contributed by atoms with Crippen LogP contribution in [0.1, 0.15) is 32.6 Å². The van der Waals surface area contributed by atoms with Crippen LogP contribution >= 0.6 is 0 Å². The van der Waals surface area contributed by atoms with Gasteiger partial charge in [0.1, 0.15) is 5.82 Å². The third-order valence-corrected chi connectivity index (χ3v) is 4.42. The van der Waals surface area contributed by atoms with Gasteiger partial charge in [-0.15, -0.1) is 0 Å². The van der Waals surface area contributed by atoms with E-state index in [1.807, 2.05) is 12.3 Å². The van der Waals surface area contributed by atoms with Gasteiger partial charge in [-0.25, -0.2) is 4.98 Å². The van der Waals surface area contributed by atoms with Crippen LogP contribution in [0, 0.1) is 0 Å². The number of piperidine rings is 1. The Bertz CT molecular complexity index is 403. The van der Waals surface area contributed by atoms with Gasteiger partial charge in [0.25, 0.3) is 0 Å². The van der Waals surface area contributed by atoms with Crippen molar-refractivity contribution in [2.24, 2.45) is 0 Å². The molecule has 0 aromatic carbocycles. The van der Waals surface area contributed by atoms with Gasteiger partial charge in [0, 0.05) is 31.9 Å². The molecule has 2 aliphatic rings. The maximum Gasteiger partial charge on any atom is 0.128 e. The van der Waals surface area contributed by atoms with Gasteiger partial charge in [0.2, 0.25) is 0 Å². The average molecular weight is 275 g/mol. The highest BCUT2D eigenvalue weighted by Gasteiger charge is 2.24. The van der Waals surface area contributed by atoms with E-state index in [2.05, 4.69) is 34.3 Å². The summed E-state index contributed by atoms with van der Waals surface area (Å²) in [6.07, 6.45) is 7.56. The molecular formula is C16H25N3O. The molecule has 4 nitrogen and oxygen atoms in total. The molecule has 0 bridgehead atoms. The molecule has 4 heteroatoms. The molecule has 2 saturated heterocycles. The first-order valence-corrected chi connectivity index (χ1v) is 7.86. The van der Waals surface area contributed by atoms with Crippen molar-refractivity contribution in [1.82, 2.24) is 10.3 Å². The van der Waals surface area contributed by atoms with Crippen LogP contribution in [0.15, 0.2) is 24.4 Å². The van der Waals surface area contributed by atoms with E-state index < -0.39 is 0 Å². The smallest absolute Gasteiger partial charge is 0.128 e. The molecule has 1 aromatic rings. The number of aromatic nitrogens is 1. The van der Waals surface area contributed by atoms with Crippen LogP contribution < -0.4 is 10.2 Å². The molecule has 2 unspecified atom stereocenters. The second kappa shape index (κ2) is 6.55. The van der Waals surface area contributed by atoms with Crippen molar-refractivity contribution in [3.05, 3.63) is 24.4 Å². The first kappa shape index (κ1) is 13.8. The van der Waals surface area contributed by atoms with E-state index in [1.54, 1.807) is 0 Å². The molecule has 1 N–H and O–H groups in total. The van der Waals surface area contributed by atoms with E-state index in [0.29, 0.717) is 18.2 Å². The summed E-state index contributed by atoms with van der Waals surface area (Å²) in [5.74, 6) is 1.11. The van der Waals surface area contributed by atoms with Crippen LogP contribution in [0.4, 0.5) is 5.82 Å². The number of rotatable bonds is 4. The Labute approximate surface area is 121 Å². The van der Waals surface area contributed by atoms with E-state index in [0.717, 1.165) is 25.5 Å². The molecule has 0 radical (unpaired) electrons. The van der Waals surface area contributed by atoms with E-state index in [9.17, 15) is 0 Å². The number of hydrogen-bond acceptors (Lipinski definition) is 4. The van der Waals surface area contributed by atoms with Gasteiger partial charge in [-0.05, 0) is 44.7 Å². The Morgan fingerprint density at radius 1 is 1.25 bits per heavy atom. The van der Waals surface area contributed by atoms with Crippen molar-refractivity contribution in [3.8, 4) is 0 Å². The zero-order chi connectivity index (χ0) is 13.8. The Balaban J connectivity index is 1.40. The first-order valence-electron chi connectivity index (χ1n) is 7.86. The monoisotopic (exact) mass is 275 g/mol. The quantitative estimate of drug-likeness (QED) is 0.914. The molecule has 0 amide bonds. The number of ether oxygens (including phenoxy) is 1. The molecule has 3 heterocycles. The SMILES string of the molecule is CC1CCC(CNC2CCN(c3ccccn3)CC2)O1. The van der Waals surface area contributed by atoms with Crippen molar-refractivity contribution in [2.45, 2.75) is 50.9 Å². The van der Waals surface area contributed by atoms with E-state index in [-0.39, 0.29) is 0 Å². The molecule has 3 rings (SSSR count). The highest BCUT2D eigenvalue weighted by molar-refractivity contribution is 5.38. The number of anilines is 1. The van der Waals surface area contributed by atoms with Gasteiger partial charge < -0.3 is 15.0 Å². The zero-order valence-electron chi connectivity index (χ0n) is 12.3.